The zero-order valence-electron chi connectivity index (χ0n) is 57.5. The van der Waals surface area contributed by atoms with E-state index < -0.39 is 6.17 Å². The van der Waals surface area contributed by atoms with Gasteiger partial charge >= 0.3 is 0 Å². The Morgan fingerprint density at radius 1 is 0.309 bits per heavy atom. The van der Waals surface area contributed by atoms with Gasteiger partial charge in [0.1, 0.15) is 0 Å². The highest BCUT2D eigenvalue weighted by atomic mass is 19.1. The number of alkyl halides is 2. The third-order valence-electron chi connectivity index (χ3n) is 19.3. The van der Waals surface area contributed by atoms with Gasteiger partial charge in [0.15, 0.2) is 0 Å². The number of hydrogen-bond acceptors (Lipinski definition) is 3. The second-order valence-electron chi connectivity index (χ2n) is 29.6. The molecule has 0 amide bonds. The molecule has 0 fully saturated rings. The van der Waals surface area contributed by atoms with Gasteiger partial charge in [-0.2, -0.15) is 0 Å². The first-order valence-corrected chi connectivity index (χ1v) is 37.1. The third kappa shape index (κ3) is 58.5. The SMILES string of the molecule is CCC(C)CCCCCCCCCCCCCCCOCCC(CC(C)(C)C(CCOCCCCCCCCCCCCCCCCCCF)CC(C)(C)CCCOCCCCCCCCCCCCCCCCC(C)F)C(C)(C)C. The van der Waals surface area contributed by atoms with Gasteiger partial charge in [-0.1, -0.05) is 326 Å². The average molecular weight is 1150 g/mol. The van der Waals surface area contributed by atoms with Gasteiger partial charge in [-0.15, -0.1) is 0 Å². The molecular formula is C76H152F2O3. The molecule has 0 heterocycles. The second kappa shape index (κ2) is 58.7. The normalized spacial score (nSPS) is 14.1. The highest BCUT2D eigenvalue weighted by molar-refractivity contribution is 4.88. The molecule has 0 aliphatic heterocycles. The summed E-state index contributed by atoms with van der Waals surface area (Å²) in [6.07, 6.45) is 67.4. The maximum atomic E-state index is 12.9. The Morgan fingerprint density at radius 2 is 0.593 bits per heavy atom. The lowest BCUT2D eigenvalue weighted by molar-refractivity contribution is 0.0250. The van der Waals surface area contributed by atoms with E-state index in [2.05, 4.69) is 62.3 Å². The van der Waals surface area contributed by atoms with E-state index in [0.29, 0.717) is 11.8 Å². The van der Waals surface area contributed by atoms with Crippen LogP contribution in [0, 0.1) is 34.0 Å². The molecule has 0 saturated heterocycles. The van der Waals surface area contributed by atoms with E-state index in [0.717, 1.165) is 90.5 Å². The summed E-state index contributed by atoms with van der Waals surface area (Å²) in [5.41, 5.74) is 0.737. The van der Waals surface area contributed by atoms with Gasteiger partial charge in [-0.3, -0.25) is 4.39 Å². The molecule has 0 N–H and O–H groups in total. The minimum atomic E-state index is -0.627. The third-order valence-corrected chi connectivity index (χ3v) is 19.3. The molecule has 0 bridgehead atoms. The molecule has 0 aromatic heterocycles. The van der Waals surface area contributed by atoms with Crippen LogP contribution in [-0.2, 0) is 14.2 Å². The summed E-state index contributed by atoms with van der Waals surface area (Å²) < 4.78 is 44.3. The number of unbranched alkanes of at least 4 members (excludes halogenated alkanes) is 40. The molecule has 0 aromatic rings. The van der Waals surface area contributed by atoms with Crippen molar-refractivity contribution in [3.05, 3.63) is 0 Å². The number of hydrogen-bond donors (Lipinski definition) is 0. The number of ether oxygens (including phenoxy) is 3. The summed E-state index contributed by atoms with van der Waals surface area (Å²) in [4.78, 5) is 0. The lowest BCUT2D eigenvalue weighted by atomic mass is 9.62. The van der Waals surface area contributed by atoms with Gasteiger partial charge < -0.3 is 14.2 Å². The minimum absolute atomic E-state index is 0.143. The standard InChI is InChI=1S/C76H152F2O3/c1-11-70(2)56-49-43-37-31-25-19-18-24-30-35-41-47-53-63-80-66-58-72(74(4,5)6)69-76(9,10)73(59-67-81-64-54-48-42-36-29-22-16-13-12-15-21-27-33-39-45-51-61-77)68-75(7,8)60-55-65-79-62-52-46-40-34-28-23-17-14-20-26-32-38-44-50-57-71(3)78/h70-73H,11-69H2,1-10H3. The summed E-state index contributed by atoms with van der Waals surface area (Å²) in [5.74, 6) is 2.16. The molecule has 3 nitrogen and oxygen atoms in total. The van der Waals surface area contributed by atoms with Crippen LogP contribution in [0.1, 0.15) is 403 Å². The molecule has 4 atom stereocenters. The predicted molar refractivity (Wildman–Crippen MR) is 358 cm³/mol. The van der Waals surface area contributed by atoms with E-state index in [1.165, 1.54) is 289 Å². The van der Waals surface area contributed by atoms with Gasteiger partial charge in [0.2, 0.25) is 0 Å². The molecule has 0 aliphatic rings. The lowest BCUT2D eigenvalue weighted by Gasteiger charge is -2.44. The minimum Gasteiger partial charge on any atom is -0.381 e. The van der Waals surface area contributed by atoms with E-state index in [4.69, 9.17) is 14.2 Å². The Balaban J connectivity index is 4.75. The van der Waals surface area contributed by atoms with Crippen LogP contribution >= 0.6 is 0 Å². The molecule has 4 unspecified atom stereocenters. The first-order valence-electron chi connectivity index (χ1n) is 37.1. The van der Waals surface area contributed by atoms with Crippen molar-refractivity contribution in [3.63, 3.8) is 0 Å². The summed E-state index contributed by atoms with van der Waals surface area (Å²) in [6, 6.07) is 0. The quantitative estimate of drug-likeness (QED) is 0.0568. The Labute approximate surface area is 510 Å². The van der Waals surface area contributed by atoms with Crippen LogP contribution in [0.15, 0.2) is 0 Å². The highest BCUT2D eigenvalue weighted by Gasteiger charge is 2.38. The fourth-order valence-corrected chi connectivity index (χ4v) is 13.0. The summed E-state index contributed by atoms with van der Waals surface area (Å²) in [7, 11) is 0. The maximum absolute atomic E-state index is 12.9. The predicted octanol–water partition coefficient (Wildman–Crippen LogP) is 26.6. The lowest BCUT2D eigenvalue weighted by Crippen LogP contribution is -2.35. The van der Waals surface area contributed by atoms with Gasteiger partial charge in [0, 0.05) is 39.6 Å². The first kappa shape index (κ1) is 80.7. The zero-order valence-corrected chi connectivity index (χ0v) is 57.5. The van der Waals surface area contributed by atoms with E-state index in [1.54, 1.807) is 6.92 Å². The molecule has 0 spiro atoms. The molecule has 488 valence electrons. The largest absolute Gasteiger partial charge is 0.381 e. The maximum Gasteiger partial charge on any atom is 0.0973 e. The fourth-order valence-electron chi connectivity index (χ4n) is 13.0. The average Bonchev–Trinajstić information content (AvgIpc) is 3.42. The van der Waals surface area contributed by atoms with Crippen LogP contribution < -0.4 is 0 Å². The van der Waals surface area contributed by atoms with E-state index in [9.17, 15) is 8.78 Å². The molecule has 81 heavy (non-hydrogen) atoms. The van der Waals surface area contributed by atoms with E-state index in [-0.39, 0.29) is 22.9 Å². The van der Waals surface area contributed by atoms with Crippen LogP contribution in [0.4, 0.5) is 8.78 Å². The molecule has 5 heteroatoms. The van der Waals surface area contributed by atoms with Gasteiger partial charge in [0.25, 0.3) is 0 Å². The van der Waals surface area contributed by atoms with Crippen molar-refractivity contribution in [3.8, 4) is 0 Å². The number of halogens is 2. The molecule has 0 saturated carbocycles. The van der Waals surface area contributed by atoms with Crippen LogP contribution in [0.5, 0.6) is 0 Å². The van der Waals surface area contributed by atoms with Crippen LogP contribution in [0.2, 0.25) is 0 Å². The van der Waals surface area contributed by atoms with Crippen molar-refractivity contribution in [1.29, 1.82) is 0 Å². The zero-order chi connectivity index (χ0) is 59.7. The van der Waals surface area contributed by atoms with Crippen molar-refractivity contribution in [1.82, 2.24) is 0 Å². The summed E-state index contributed by atoms with van der Waals surface area (Å²) in [6.45, 7) is 29.4. The highest BCUT2D eigenvalue weighted by Crippen LogP contribution is 2.47. The molecular weight excluding hydrogens is 999 g/mol. The van der Waals surface area contributed by atoms with Crippen LogP contribution in [0.3, 0.4) is 0 Å². The monoisotopic (exact) mass is 1150 g/mol. The van der Waals surface area contributed by atoms with Gasteiger partial charge in [-0.25, -0.2) is 4.39 Å². The smallest absolute Gasteiger partial charge is 0.0973 e. The van der Waals surface area contributed by atoms with Crippen molar-refractivity contribution in [2.45, 2.75) is 409 Å². The van der Waals surface area contributed by atoms with Crippen molar-refractivity contribution in [2.24, 2.45) is 34.0 Å². The Bertz CT molecular complexity index is 1210. The summed E-state index contributed by atoms with van der Waals surface area (Å²) >= 11 is 0. The van der Waals surface area contributed by atoms with Crippen LogP contribution in [-0.4, -0.2) is 52.5 Å². The van der Waals surface area contributed by atoms with Crippen molar-refractivity contribution >= 4 is 0 Å². The summed E-state index contributed by atoms with van der Waals surface area (Å²) in [5, 5.41) is 0. The molecule has 0 rings (SSSR count). The number of rotatable bonds is 67. The molecule has 0 aliphatic carbocycles. The fraction of sp³-hybridized carbons (Fsp3) is 1.00. The Morgan fingerprint density at radius 3 is 0.914 bits per heavy atom. The Kier molecular flexibility index (Phi) is 58.6. The van der Waals surface area contributed by atoms with E-state index >= 15 is 0 Å². The molecule has 0 radical (unpaired) electrons. The Hall–Kier alpha value is -0.260. The topological polar surface area (TPSA) is 27.7 Å². The second-order valence-corrected chi connectivity index (χ2v) is 29.6. The first-order chi connectivity index (χ1) is 39.1. The van der Waals surface area contributed by atoms with Gasteiger partial charge in [0.05, 0.1) is 12.8 Å². The van der Waals surface area contributed by atoms with E-state index in [1.807, 2.05) is 0 Å². The van der Waals surface area contributed by atoms with Crippen LogP contribution in [0.25, 0.3) is 0 Å². The van der Waals surface area contributed by atoms with Crippen molar-refractivity contribution < 1.29 is 23.0 Å². The molecule has 0 aromatic carbocycles. The van der Waals surface area contributed by atoms with Crippen molar-refractivity contribution in [2.75, 3.05) is 46.3 Å². The van der Waals surface area contributed by atoms with Gasteiger partial charge in [-0.05, 0) is 112 Å².